The van der Waals surface area contributed by atoms with Crippen LogP contribution in [-0.2, 0) is 13.6 Å². The Morgan fingerprint density at radius 3 is 2.68 bits per heavy atom. The van der Waals surface area contributed by atoms with Crippen molar-refractivity contribution in [2.45, 2.75) is 40.3 Å². The number of aryl methyl sites for hydroxylation is 2. The molecular formula is C13H22N6. The van der Waals surface area contributed by atoms with Gasteiger partial charge in [0.15, 0.2) is 0 Å². The molecule has 1 unspecified atom stereocenters. The number of hydrogen-bond donors (Lipinski definition) is 1. The molecule has 2 aromatic heterocycles. The highest BCUT2D eigenvalue weighted by molar-refractivity contribution is 5.28. The average molecular weight is 262 g/mol. The predicted octanol–water partition coefficient (Wildman–Crippen LogP) is 1.35. The van der Waals surface area contributed by atoms with E-state index >= 15 is 0 Å². The largest absolute Gasteiger partial charge is 0.310 e. The lowest BCUT2D eigenvalue weighted by Gasteiger charge is -2.13. The quantitative estimate of drug-likeness (QED) is 0.883. The number of nitrogens with zero attached hydrogens (tertiary/aromatic N) is 5. The first-order valence-electron chi connectivity index (χ1n) is 6.64. The van der Waals surface area contributed by atoms with Crippen molar-refractivity contribution in [2.24, 2.45) is 7.05 Å². The second-order valence-electron chi connectivity index (χ2n) is 4.82. The van der Waals surface area contributed by atoms with Crippen molar-refractivity contribution in [3.8, 4) is 0 Å². The molecule has 0 bridgehead atoms. The summed E-state index contributed by atoms with van der Waals surface area (Å²) in [5.74, 6) is 0.910. The molecule has 0 aromatic carbocycles. The van der Waals surface area contributed by atoms with Crippen LogP contribution >= 0.6 is 0 Å². The zero-order valence-electron chi connectivity index (χ0n) is 12.3. The standard InChI is InChI=1S/C13H22N6/c1-6-14-9(2)13-10(3)17-19(11(13)4)7-12-15-8-16-18(12)5/h8-9,14H,6-7H2,1-5H3. The Bertz CT molecular complexity index is 553. The Morgan fingerprint density at radius 2 is 2.11 bits per heavy atom. The van der Waals surface area contributed by atoms with Crippen LogP contribution in [0.15, 0.2) is 6.33 Å². The second kappa shape index (κ2) is 5.52. The maximum atomic E-state index is 4.63. The minimum atomic E-state index is 0.318. The Kier molecular flexibility index (Phi) is 3.99. The van der Waals surface area contributed by atoms with E-state index in [9.17, 15) is 0 Å². The van der Waals surface area contributed by atoms with Crippen molar-refractivity contribution in [1.29, 1.82) is 0 Å². The number of nitrogens with one attached hydrogen (secondary N) is 1. The lowest BCUT2D eigenvalue weighted by atomic mass is 10.1. The van der Waals surface area contributed by atoms with Crippen molar-refractivity contribution in [2.75, 3.05) is 6.54 Å². The fraction of sp³-hybridized carbons (Fsp3) is 0.615. The molecule has 2 aromatic rings. The number of rotatable bonds is 5. The van der Waals surface area contributed by atoms with Gasteiger partial charge in [-0.25, -0.2) is 4.98 Å². The van der Waals surface area contributed by atoms with Crippen LogP contribution in [0, 0.1) is 13.8 Å². The lowest BCUT2D eigenvalue weighted by Crippen LogP contribution is -2.19. The number of hydrogen-bond acceptors (Lipinski definition) is 4. The molecule has 0 aliphatic carbocycles. The highest BCUT2D eigenvalue weighted by atomic mass is 15.4. The predicted molar refractivity (Wildman–Crippen MR) is 73.9 cm³/mol. The zero-order valence-corrected chi connectivity index (χ0v) is 12.3. The summed E-state index contributed by atoms with van der Waals surface area (Å²) in [7, 11) is 1.90. The molecule has 2 rings (SSSR count). The molecule has 0 amide bonds. The summed E-state index contributed by atoms with van der Waals surface area (Å²) in [6.45, 7) is 10.1. The van der Waals surface area contributed by atoms with Crippen molar-refractivity contribution < 1.29 is 0 Å². The highest BCUT2D eigenvalue weighted by Gasteiger charge is 2.17. The van der Waals surface area contributed by atoms with Crippen molar-refractivity contribution in [1.82, 2.24) is 29.9 Å². The first-order chi connectivity index (χ1) is 9.04. The van der Waals surface area contributed by atoms with Crippen LogP contribution < -0.4 is 5.32 Å². The van der Waals surface area contributed by atoms with E-state index in [1.54, 1.807) is 11.0 Å². The zero-order chi connectivity index (χ0) is 14.0. The van der Waals surface area contributed by atoms with E-state index in [-0.39, 0.29) is 0 Å². The molecular weight excluding hydrogens is 240 g/mol. The SMILES string of the molecule is CCNC(C)c1c(C)nn(Cc2ncnn2C)c1C. The Hall–Kier alpha value is -1.69. The van der Waals surface area contributed by atoms with Gasteiger partial charge in [-0.2, -0.15) is 10.2 Å². The molecule has 1 atom stereocenters. The average Bonchev–Trinajstić information content (AvgIpc) is 2.86. The molecule has 0 aliphatic heterocycles. The van der Waals surface area contributed by atoms with Gasteiger partial charge in [0.2, 0.25) is 0 Å². The van der Waals surface area contributed by atoms with Gasteiger partial charge in [-0.3, -0.25) is 9.36 Å². The minimum absolute atomic E-state index is 0.318. The summed E-state index contributed by atoms with van der Waals surface area (Å²) in [5.41, 5.74) is 3.55. The van der Waals surface area contributed by atoms with Crippen LogP contribution in [0.25, 0.3) is 0 Å². The molecule has 0 spiro atoms. The minimum Gasteiger partial charge on any atom is -0.310 e. The van der Waals surface area contributed by atoms with Gasteiger partial charge in [-0.15, -0.1) is 0 Å². The van der Waals surface area contributed by atoms with E-state index in [1.807, 2.05) is 11.7 Å². The monoisotopic (exact) mass is 262 g/mol. The molecule has 6 nitrogen and oxygen atoms in total. The second-order valence-corrected chi connectivity index (χ2v) is 4.82. The molecule has 0 fully saturated rings. The van der Waals surface area contributed by atoms with Crippen molar-refractivity contribution >= 4 is 0 Å². The first kappa shape index (κ1) is 13.7. The third kappa shape index (κ3) is 2.68. The molecule has 0 saturated heterocycles. The van der Waals surface area contributed by atoms with Crippen LogP contribution in [0.3, 0.4) is 0 Å². The molecule has 0 saturated carbocycles. The third-order valence-electron chi connectivity index (χ3n) is 3.48. The van der Waals surface area contributed by atoms with Gasteiger partial charge in [-0.05, 0) is 27.3 Å². The topological polar surface area (TPSA) is 60.6 Å². The summed E-state index contributed by atoms with van der Waals surface area (Å²) in [6, 6.07) is 0.318. The van der Waals surface area contributed by atoms with Crippen LogP contribution in [0.2, 0.25) is 0 Å². The lowest BCUT2D eigenvalue weighted by molar-refractivity contribution is 0.579. The van der Waals surface area contributed by atoms with E-state index in [1.165, 1.54) is 11.3 Å². The van der Waals surface area contributed by atoms with Gasteiger partial charge in [0, 0.05) is 24.3 Å². The summed E-state index contributed by atoms with van der Waals surface area (Å²) >= 11 is 0. The third-order valence-corrected chi connectivity index (χ3v) is 3.48. The Labute approximate surface area is 113 Å². The van der Waals surface area contributed by atoms with Gasteiger partial charge < -0.3 is 5.32 Å². The maximum absolute atomic E-state index is 4.63. The molecule has 104 valence electrons. The molecule has 19 heavy (non-hydrogen) atoms. The van der Waals surface area contributed by atoms with Crippen LogP contribution in [0.4, 0.5) is 0 Å². The number of aromatic nitrogens is 5. The molecule has 1 N–H and O–H groups in total. The van der Waals surface area contributed by atoms with Crippen LogP contribution in [-0.4, -0.2) is 31.1 Å². The van der Waals surface area contributed by atoms with Crippen molar-refractivity contribution in [3.05, 3.63) is 29.1 Å². The highest BCUT2D eigenvalue weighted by Crippen LogP contribution is 2.21. The van der Waals surface area contributed by atoms with E-state index in [4.69, 9.17) is 0 Å². The Balaban J connectivity index is 2.28. The van der Waals surface area contributed by atoms with Crippen LogP contribution in [0.5, 0.6) is 0 Å². The van der Waals surface area contributed by atoms with Gasteiger partial charge in [0.05, 0.1) is 5.69 Å². The van der Waals surface area contributed by atoms with Gasteiger partial charge in [0.1, 0.15) is 18.7 Å². The maximum Gasteiger partial charge on any atom is 0.148 e. The molecule has 0 radical (unpaired) electrons. The van der Waals surface area contributed by atoms with Crippen molar-refractivity contribution in [3.63, 3.8) is 0 Å². The molecule has 0 aliphatic rings. The van der Waals surface area contributed by atoms with Gasteiger partial charge in [0.25, 0.3) is 0 Å². The molecule has 6 heteroatoms. The summed E-state index contributed by atoms with van der Waals surface area (Å²) in [4.78, 5) is 4.25. The van der Waals surface area contributed by atoms with E-state index in [0.29, 0.717) is 12.6 Å². The fourth-order valence-corrected chi connectivity index (χ4v) is 2.50. The Morgan fingerprint density at radius 1 is 1.37 bits per heavy atom. The van der Waals surface area contributed by atoms with Crippen LogP contribution in [0.1, 0.15) is 42.7 Å². The molecule has 2 heterocycles. The summed E-state index contributed by atoms with van der Waals surface area (Å²) in [6.07, 6.45) is 1.57. The first-order valence-corrected chi connectivity index (χ1v) is 6.64. The van der Waals surface area contributed by atoms with E-state index < -0.39 is 0 Å². The normalized spacial score (nSPS) is 12.9. The van der Waals surface area contributed by atoms with Gasteiger partial charge in [-0.1, -0.05) is 6.92 Å². The van der Waals surface area contributed by atoms with Gasteiger partial charge >= 0.3 is 0 Å². The van der Waals surface area contributed by atoms with E-state index in [0.717, 1.165) is 18.1 Å². The smallest absolute Gasteiger partial charge is 0.148 e. The fourth-order valence-electron chi connectivity index (χ4n) is 2.50. The van der Waals surface area contributed by atoms with E-state index in [2.05, 4.69) is 48.2 Å². The summed E-state index contributed by atoms with van der Waals surface area (Å²) < 4.78 is 3.78. The summed E-state index contributed by atoms with van der Waals surface area (Å²) in [5, 5.41) is 12.2.